The number of ether oxygens (including phenoxy) is 1. The number of benzene rings is 1. The minimum absolute atomic E-state index is 0.223. The smallest absolute Gasteiger partial charge is 0.118 e. The minimum Gasteiger partial charge on any atom is -0.364 e. The summed E-state index contributed by atoms with van der Waals surface area (Å²) >= 11 is 0. The van der Waals surface area contributed by atoms with Gasteiger partial charge < -0.3 is 4.74 Å². The van der Waals surface area contributed by atoms with E-state index in [1.807, 2.05) is 6.07 Å². The SMILES string of the molecule is COC(C)(C)N(P)CCc1ccccc1. The molecule has 1 atom stereocenters. The lowest BCUT2D eigenvalue weighted by Gasteiger charge is -2.33. The van der Waals surface area contributed by atoms with Gasteiger partial charge in [0.1, 0.15) is 5.72 Å². The number of hydrogen-bond donors (Lipinski definition) is 0. The van der Waals surface area contributed by atoms with Crippen LogP contribution in [0.4, 0.5) is 0 Å². The van der Waals surface area contributed by atoms with Crippen molar-refractivity contribution in [2.24, 2.45) is 0 Å². The van der Waals surface area contributed by atoms with E-state index in [9.17, 15) is 0 Å². The first-order valence-electron chi connectivity index (χ1n) is 5.17. The van der Waals surface area contributed by atoms with E-state index in [-0.39, 0.29) is 5.72 Å². The van der Waals surface area contributed by atoms with E-state index in [1.165, 1.54) is 5.56 Å². The number of rotatable bonds is 5. The zero-order valence-corrected chi connectivity index (χ0v) is 10.9. The van der Waals surface area contributed by atoms with Gasteiger partial charge in [-0.3, -0.25) is 4.67 Å². The van der Waals surface area contributed by atoms with Crippen molar-refractivity contribution in [2.45, 2.75) is 26.0 Å². The Kier molecular flexibility index (Phi) is 4.72. The fraction of sp³-hybridized carbons (Fsp3) is 0.500. The van der Waals surface area contributed by atoms with Gasteiger partial charge in [0.2, 0.25) is 0 Å². The maximum absolute atomic E-state index is 5.39. The lowest BCUT2D eigenvalue weighted by atomic mass is 10.1. The maximum atomic E-state index is 5.39. The highest BCUT2D eigenvalue weighted by Crippen LogP contribution is 2.19. The van der Waals surface area contributed by atoms with Crippen LogP contribution in [0.25, 0.3) is 0 Å². The normalized spacial score (nSPS) is 12.1. The summed E-state index contributed by atoms with van der Waals surface area (Å²) in [6, 6.07) is 10.5. The van der Waals surface area contributed by atoms with Crippen LogP contribution >= 0.6 is 9.39 Å². The van der Waals surface area contributed by atoms with Gasteiger partial charge in [-0.25, -0.2) is 0 Å². The molecule has 0 aliphatic rings. The van der Waals surface area contributed by atoms with Gasteiger partial charge >= 0.3 is 0 Å². The molecular formula is C12H20NOP. The van der Waals surface area contributed by atoms with Gasteiger partial charge in [-0.1, -0.05) is 39.7 Å². The molecule has 1 aromatic carbocycles. The summed E-state index contributed by atoms with van der Waals surface area (Å²) in [6.07, 6.45) is 1.04. The van der Waals surface area contributed by atoms with E-state index in [1.54, 1.807) is 7.11 Å². The lowest BCUT2D eigenvalue weighted by molar-refractivity contribution is -0.0604. The van der Waals surface area contributed by atoms with Crippen molar-refractivity contribution in [1.29, 1.82) is 0 Å². The number of nitrogens with zero attached hydrogens (tertiary/aromatic N) is 1. The van der Waals surface area contributed by atoms with Crippen LogP contribution in [-0.2, 0) is 11.2 Å². The predicted octanol–water partition coefficient (Wildman–Crippen LogP) is 2.70. The molecule has 2 nitrogen and oxygen atoms in total. The van der Waals surface area contributed by atoms with E-state index in [0.29, 0.717) is 0 Å². The van der Waals surface area contributed by atoms with E-state index >= 15 is 0 Å². The second kappa shape index (κ2) is 5.60. The van der Waals surface area contributed by atoms with Crippen LogP contribution in [-0.4, -0.2) is 24.0 Å². The third-order valence-corrected chi connectivity index (χ3v) is 3.56. The second-order valence-electron chi connectivity index (χ2n) is 4.08. The Hall–Kier alpha value is -0.430. The standard InChI is InChI=1S/C12H20NOP/c1-12(2,14-3)13(15)10-9-11-7-5-4-6-8-11/h4-8H,9-10,15H2,1-3H3. The van der Waals surface area contributed by atoms with Crippen molar-refractivity contribution in [2.75, 3.05) is 13.7 Å². The van der Waals surface area contributed by atoms with Crippen LogP contribution in [0.15, 0.2) is 30.3 Å². The molecule has 1 unspecified atom stereocenters. The molecule has 1 rings (SSSR count). The van der Waals surface area contributed by atoms with Gasteiger partial charge in [-0.2, -0.15) is 0 Å². The van der Waals surface area contributed by atoms with Gasteiger partial charge in [0.15, 0.2) is 0 Å². The Labute approximate surface area is 94.9 Å². The maximum Gasteiger partial charge on any atom is 0.118 e. The molecule has 0 heterocycles. The average Bonchev–Trinajstić information content (AvgIpc) is 2.27. The zero-order chi connectivity index (χ0) is 11.3. The van der Waals surface area contributed by atoms with Crippen molar-refractivity contribution in [3.63, 3.8) is 0 Å². The summed E-state index contributed by atoms with van der Waals surface area (Å²) in [5.41, 5.74) is 1.14. The molecule has 84 valence electrons. The Bertz CT molecular complexity index is 287. The monoisotopic (exact) mass is 225 g/mol. The largest absolute Gasteiger partial charge is 0.364 e. The molecule has 0 spiro atoms. The van der Waals surface area contributed by atoms with Gasteiger partial charge in [-0.05, 0) is 25.8 Å². The predicted molar refractivity (Wildman–Crippen MR) is 67.7 cm³/mol. The third-order valence-electron chi connectivity index (χ3n) is 2.68. The molecule has 0 bridgehead atoms. The van der Waals surface area contributed by atoms with E-state index in [0.717, 1.165) is 13.0 Å². The molecule has 1 aromatic rings. The first-order valence-corrected chi connectivity index (χ1v) is 5.69. The summed E-state index contributed by atoms with van der Waals surface area (Å²) in [5, 5.41) is 0. The summed E-state index contributed by atoms with van der Waals surface area (Å²) in [4.78, 5) is 0. The van der Waals surface area contributed by atoms with Crippen molar-refractivity contribution in [3.05, 3.63) is 35.9 Å². The topological polar surface area (TPSA) is 12.5 Å². The zero-order valence-electron chi connectivity index (χ0n) is 9.73. The quantitative estimate of drug-likeness (QED) is 0.564. The van der Waals surface area contributed by atoms with Gasteiger partial charge in [0, 0.05) is 13.7 Å². The van der Waals surface area contributed by atoms with Gasteiger partial charge in [0.05, 0.1) is 0 Å². The van der Waals surface area contributed by atoms with E-state index in [4.69, 9.17) is 4.74 Å². The highest BCUT2D eigenvalue weighted by Gasteiger charge is 2.21. The summed E-state index contributed by atoms with van der Waals surface area (Å²) in [5.74, 6) is 0. The summed E-state index contributed by atoms with van der Waals surface area (Å²) in [7, 11) is 4.46. The second-order valence-corrected chi connectivity index (χ2v) is 4.70. The highest BCUT2D eigenvalue weighted by atomic mass is 31.0. The first-order chi connectivity index (χ1) is 7.06. The lowest BCUT2D eigenvalue weighted by Crippen LogP contribution is -2.39. The molecular weight excluding hydrogens is 205 g/mol. The van der Waals surface area contributed by atoms with E-state index in [2.05, 4.69) is 52.2 Å². The third kappa shape index (κ3) is 3.90. The average molecular weight is 225 g/mol. The molecule has 0 aliphatic carbocycles. The van der Waals surface area contributed by atoms with E-state index < -0.39 is 0 Å². The van der Waals surface area contributed by atoms with Crippen molar-refractivity contribution in [3.8, 4) is 0 Å². The fourth-order valence-electron chi connectivity index (χ4n) is 1.28. The Morgan fingerprint density at radius 2 is 1.87 bits per heavy atom. The number of methoxy groups -OCH3 is 1. The molecule has 0 aromatic heterocycles. The fourth-order valence-corrected chi connectivity index (χ4v) is 1.52. The molecule has 0 radical (unpaired) electrons. The minimum atomic E-state index is -0.223. The van der Waals surface area contributed by atoms with Crippen molar-refractivity contribution in [1.82, 2.24) is 4.67 Å². The molecule has 3 heteroatoms. The highest BCUT2D eigenvalue weighted by molar-refractivity contribution is 7.13. The Balaban J connectivity index is 2.44. The molecule has 0 N–H and O–H groups in total. The molecule has 0 saturated heterocycles. The Morgan fingerprint density at radius 3 is 2.40 bits per heavy atom. The van der Waals surface area contributed by atoms with Crippen LogP contribution in [0.5, 0.6) is 0 Å². The van der Waals surface area contributed by atoms with Gasteiger partial charge in [0.25, 0.3) is 0 Å². The van der Waals surface area contributed by atoms with Crippen LogP contribution in [0, 0.1) is 0 Å². The van der Waals surface area contributed by atoms with Crippen LogP contribution in [0.3, 0.4) is 0 Å². The van der Waals surface area contributed by atoms with Crippen LogP contribution in [0.2, 0.25) is 0 Å². The van der Waals surface area contributed by atoms with Gasteiger partial charge in [-0.15, -0.1) is 0 Å². The first kappa shape index (κ1) is 12.6. The molecule has 0 aliphatic heterocycles. The number of hydrogen-bond acceptors (Lipinski definition) is 2. The summed E-state index contributed by atoms with van der Waals surface area (Å²) < 4.78 is 7.53. The molecule has 15 heavy (non-hydrogen) atoms. The Morgan fingerprint density at radius 1 is 1.27 bits per heavy atom. The summed E-state index contributed by atoms with van der Waals surface area (Å²) in [6.45, 7) is 5.09. The van der Waals surface area contributed by atoms with Crippen LogP contribution in [0.1, 0.15) is 19.4 Å². The molecule has 0 fully saturated rings. The van der Waals surface area contributed by atoms with Crippen molar-refractivity contribution >= 4 is 9.39 Å². The molecule has 0 saturated carbocycles. The molecule has 0 amide bonds. The van der Waals surface area contributed by atoms with Crippen molar-refractivity contribution < 1.29 is 4.74 Å². The van der Waals surface area contributed by atoms with Crippen LogP contribution < -0.4 is 0 Å².